The van der Waals surface area contributed by atoms with E-state index in [0.29, 0.717) is 21.9 Å². The van der Waals surface area contributed by atoms with Crippen molar-refractivity contribution < 1.29 is 9.59 Å². The molecule has 0 radical (unpaired) electrons. The van der Waals surface area contributed by atoms with Crippen LogP contribution in [0.25, 0.3) is 0 Å². The largest absolute Gasteiger partial charge is 0.346 e. The first-order valence-corrected chi connectivity index (χ1v) is 8.88. The highest BCUT2D eigenvalue weighted by Gasteiger charge is 2.12. The van der Waals surface area contributed by atoms with Gasteiger partial charge in [0.25, 0.3) is 11.8 Å². The lowest BCUT2D eigenvalue weighted by molar-refractivity contribution is 0.0951. The van der Waals surface area contributed by atoms with Gasteiger partial charge in [-0.3, -0.25) is 14.6 Å². The van der Waals surface area contributed by atoms with E-state index in [9.17, 15) is 9.59 Å². The first kappa shape index (κ1) is 19.3. The Morgan fingerprint density at radius 2 is 1.54 bits per heavy atom. The summed E-state index contributed by atoms with van der Waals surface area (Å²) in [5.41, 5.74) is 4.60. The van der Waals surface area contributed by atoms with E-state index in [1.165, 1.54) is 12.4 Å². The van der Waals surface area contributed by atoms with Crippen LogP contribution in [0.2, 0.25) is 5.02 Å². The summed E-state index contributed by atoms with van der Waals surface area (Å²) in [4.78, 5) is 28.5. The molecule has 0 atom stereocenters. The summed E-state index contributed by atoms with van der Waals surface area (Å²) in [7, 11) is 0. The van der Waals surface area contributed by atoms with Crippen molar-refractivity contribution in [3.05, 3.63) is 101 Å². The van der Waals surface area contributed by atoms with Gasteiger partial charge in [-0.15, -0.1) is 0 Å². The van der Waals surface area contributed by atoms with Crippen LogP contribution in [-0.2, 0) is 0 Å². The molecule has 1 aromatic heterocycles. The fraction of sp³-hybridized carbons (Fsp3) is 0.0476. The van der Waals surface area contributed by atoms with Gasteiger partial charge in [0.05, 0.1) is 22.8 Å². The van der Waals surface area contributed by atoms with Crippen LogP contribution in [0, 0.1) is 0 Å². The van der Waals surface area contributed by atoms with E-state index < -0.39 is 0 Å². The van der Waals surface area contributed by atoms with Crippen LogP contribution in [0.1, 0.15) is 26.3 Å². The van der Waals surface area contributed by atoms with Crippen LogP contribution in [0.5, 0.6) is 0 Å². The Kier molecular flexibility index (Phi) is 6.49. The van der Waals surface area contributed by atoms with E-state index in [0.717, 1.165) is 5.56 Å². The second kappa shape index (κ2) is 9.43. The monoisotopic (exact) mass is 392 g/mol. The average molecular weight is 393 g/mol. The predicted molar refractivity (Wildman–Crippen MR) is 108 cm³/mol. The lowest BCUT2D eigenvalue weighted by Crippen LogP contribution is -2.32. The van der Waals surface area contributed by atoms with E-state index >= 15 is 0 Å². The number of pyridine rings is 1. The van der Waals surface area contributed by atoms with Gasteiger partial charge in [0, 0.05) is 18.0 Å². The van der Waals surface area contributed by atoms with Crippen molar-refractivity contribution in [3.63, 3.8) is 0 Å². The highest BCUT2D eigenvalue weighted by molar-refractivity contribution is 6.33. The fourth-order valence-corrected chi connectivity index (χ4v) is 2.65. The zero-order chi connectivity index (χ0) is 19.8. The van der Waals surface area contributed by atoms with Gasteiger partial charge in [0.1, 0.15) is 0 Å². The van der Waals surface area contributed by atoms with E-state index in [1.807, 2.05) is 30.3 Å². The molecule has 6 nitrogen and oxygen atoms in total. The van der Waals surface area contributed by atoms with Gasteiger partial charge in [-0.05, 0) is 29.8 Å². The maximum Gasteiger partial charge on any atom is 0.271 e. The van der Waals surface area contributed by atoms with Crippen LogP contribution in [-0.4, -0.2) is 29.1 Å². The Balaban J connectivity index is 1.75. The van der Waals surface area contributed by atoms with Gasteiger partial charge in [0.2, 0.25) is 0 Å². The Labute approximate surface area is 167 Å². The molecule has 0 unspecified atom stereocenters. The van der Waals surface area contributed by atoms with Gasteiger partial charge < -0.3 is 5.32 Å². The summed E-state index contributed by atoms with van der Waals surface area (Å²) < 4.78 is 0. The molecule has 3 aromatic rings. The van der Waals surface area contributed by atoms with Crippen LogP contribution in [0.4, 0.5) is 0 Å². The number of hydrazone groups is 1. The number of hydrogen-bond donors (Lipinski definition) is 2. The molecule has 7 heteroatoms. The van der Waals surface area contributed by atoms with Crippen molar-refractivity contribution in [2.45, 2.75) is 0 Å². The molecule has 0 aliphatic carbocycles. The van der Waals surface area contributed by atoms with Gasteiger partial charge >= 0.3 is 0 Å². The standard InChI is InChI=1S/C21H17ClN4O2/c22-18-9-5-4-8-17(18)21(28)24-14-19(15-6-2-1-3-7-15)25-26-20(27)16-10-12-23-13-11-16/h1-13H,14H2,(H,24,28)(H,26,27). The molecule has 0 saturated carbocycles. The number of nitrogens with one attached hydrogen (secondary N) is 2. The van der Waals surface area contributed by atoms with Crippen LogP contribution >= 0.6 is 11.6 Å². The Hall–Kier alpha value is -3.51. The number of carbonyl (C=O) groups is 2. The Bertz CT molecular complexity index is 992. The molecule has 1 heterocycles. The smallest absolute Gasteiger partial charge is 0.271 e. The highest BCUT2D eigenvalue weighted by Crippen LogP contribution is 2.14. The normalized spacial score (nSPS) is 11.0. The predicted octanol–water partition coefficient (Wildman–Crippen LogP) is 3.30. The summed E-state index contributed by atoms with van der Waals surface area (Å²) >= 11 is 6.07. The minimum atomic E-state index is -0.367. The molecule has 0 saturated heterocycles. The topological polar surface area (TPSA) is 83.5 Å². The molecular weight excluding hydrogens is 376 g/mol. The number of aromatic nitrogens is 1. The molecule has 140 valence electrons. The van der Waals surface area contributed by atoms with E-state index in [-0.39, 0.29) is 18.4 Å². The van der Waals surface area contributed by atoms with Crippen molar-refractivity contribution >= 4 is 29.1 Å². The van der Waals surface area contributed by atoms with Gasteiger partial charge in [-0.2, -0.15) is 5.10 Å². The van der Waals surface area contributed by atoms with Crippen LogP contribution in [0.15, 0.2) is 84.2 Å². The lowest BCUT2D eigenvalue weighted by Gasteiger charge is -2.10. The maximum absolute atomic E-state index is 12.4. The third kappa shape index (κ3) is 5.02. The summed E-state index contributed by atoms with van der Waals surface area (Å²) in [5, 5.41) is 7.36. The molecule has 0 fully saturated rings. The summed E-state index contributed by atoms with van der Waals surface area (Å²) in [6.07, 6.45) is 3.06. The van der Waals surface area contributed by atoms with Gasteiger partial charge in [0.15, 0.2) is 0 Å². The van der Waals surface area contributed by atoms with Crippen molar-refractivity contribution in [3.8, 4) is 0 Å². The van der Waals surface area contributed by atoms with Crippen molar-refractivity contribution in [2.75, 3.05) is 6.54 Å². The second-order valence-corrected chi connectivity index (χ2v) is 6.17. The third-order valence-corrected chi connectivity index (χ3v) is 4.21. The molecule has 28 heavy (non-hydrogen) atoms. The number of halogens is 1. The number of hydrogen-bond acceptors (Lipinski definition) is 4. The molecule has 2 aromatic carbocycles. The summed E-state index contributed by atoms with van der Waals surface area (Å²) in [5.74, 6) is -0.692. The van der Waals surface area contributed by atoms with Crippen molar-refractivity contribution in [1.29, 1.82) is 0 Å². The van der Waals surface area contributed by atoms with Crippen LogP contribution in [0.3, 0.4) is 0 Å². The molecule has 0 aliphatic heterocycles. The molecule has 0 spiro atoms. The van der Waals surface area contributed by atoms with E-state index in [4.69, 9.17) is 11.6 Å². The number of nitrogens with zero attached hydrogens (tertiary/aromatic N) is 2. The molecule has 0 bridgehead atoms. The maximum atomic E-state index is 12.4. The molecule has 0 aliphatic rings. The molecular formula is C21H17ClN4O2. The second-order valence-electron chi connectivity index (χ2n) is 5.76. The summed E-state index contributed by atoms with van der Waals surface area (Å²) in [6.45, 7) is 0.116. The Morgan fingerprint density at radius 3 is 2.25 bits per heavy atom. The van der Waals surface area contributed by atoms with Gasteiger partial charge in [-0.1, -0.05) is 54.1 Å². The first-order chi connectivity index (χ1) is 13.6. The number of carbonyl (C=O) groups excluding carboxylic acids is 2. The summed E-state index contributed by atoms with van der Waals surface area (Å²) in [6, 6.07) is 19.2. The fourth-order valence-electron chi connectivity index (χ4n) is 2.43. The SMILES string of the molecule is O=C(NN=C(CNC(=O)c1ccccc1Cl)c1ccccc1)c1ccncc1. The quantitative estimate of drug-likeness (QED) is 0.498. The molecule has 2 N–H and O–H groups in total. The number of benzene rings is 2. The van der Waals surface area contributed by atoms with E-state index in [1.54, 1.807) is 36.4 Å². The number of amides is 2. The highest BCUT2D eigenvalue weighted by atomic mass is 35.5. The van der Waals surface area contributed by atoms with Crippen LogP contribution < -0.4 is 10.7 Å². The third-order valence-electron chi connectivity index (χ3n) is 3.88. The molecule has 2 amide bonds. The average Bonchev–Trinajstić information content (AvgIpc) is 2.75. The molecule has 3 rings (SSSR count). The zero-order valence-corrected chi connectivity index (χ0v) is 15.6. The van der Waals surface area contributed by atoms with Gasteiger partial charge in [-0.25, -0.2) is 5.43 Å². The minimum absolute atomic E-state index is 0.116. The Morgan fingerprint density at radius 1 is 0.857 bits per heavy atom. The number of rotatable bonds is 6. The minimum Gasteiger partial charge on any atom is -0.346 e. The van der Waals surface area contributed by atoms with Crippen molar-refractivity contribution in [1.82, 2.24) is 15.7 Å². The van der Waals surface area contributed by atoms with E-state index in [2.05, 4.69) is 20.8 Å². The zero-order valence-electron chi connectivity index (χ0n) is 14.8. The van der Waals surface area contributed by atoms with Crippen molar-refractivity contribution in [2.24, 2.45) is 5.10 Å². The first-order valence-electron chi connectivity index (χ1n) is 8.50. The lowest BCUT2D eigenvalue weighted by atomic mass is 10.1.